The molecule has 0 bridgehead atoms. The largest absolute Gasteiger partial charge is 0.395 e. The van der Waals surface area contributed by atoms with Gasteiger partial charge in [-0.1, -0.05) is 0 Å². The first kappa shape index (κ1) is 30.2. The van der Waals surface area contributed by atoms with Crippen LogP contribution in [0.2, 0.25) is 0 Å². The molecule has 17 nitrogen and oxygen atoms in total. The zero-order valence-electron chi connectivity index (χ0n) is 21.8. The van der Waals surface area contributed by atoms with Crippen LogP contribution in [0.3, 0.4) is 0 Å². The van der Waals surface area contributed by atoms with E-state index in [2.05, 4.69) is 29.9 Å². The summed E-state index contributed by atoms with van der Waals surface area (Å²) in [7, 11) is 0. The van der Waals surface area contributed by atoms with Crippen molar-refractivity contribution < 1.29 is 37.7 Å². The molecule has 0 aliphatic carbocycles. The molecular formula is C21H25F2N10O7PS2. The number of ether oxygens (including phenoxy) is 1. The number of aromatic nitrogens is 8. The number of anilines is 2. The Morgan fingerprint density at radius 3 is 2.72 bits per heavy atom. The fourth-order valence-electron chi connectivity index (χ4n) is 5.02. The average Bonchev–Trinajstić information content (AvgIpc) is 3.73. The van der Waals surface area contributed by atoms with Crippen LogP contribution in [-0.4, -0.2) is 103 Å². The predicted octanol–water partition coefficient (Wildman–Crippen LogP) is -0.325. The lowest BCUT2D eigenvalue weighted by atomic mass is 10.0. The van der Waals surface area contributed by atoms with Crippen LogP contribution in [0.15, 0.2) is 23.8 Å². The summed E-state index contributed by atoms with van der Waals surface area (Å²) in [4.78, 5) is 45.7. The average molecular weight is 663 g/mol. The van der Waals surface area contributed by atoms with Gasteiger partial charge in [0.2, 0.25) is 5.95 Å². The number of nitrogens with one attached hydrogen (secondary N) is 1. The summed E-state index contributed by atoms with van der Waals surface area (Å²) < 4.78 is 47.6. The molecule has 232 valence electrons. The van der Waals surface area contributed by atoms with E-state index in [0.717, 1.165) is 11.8 Å². The Bertz CT molecular complexity index is 1770. The number of rotatable bonds is 9. The molecule has 0 radical (unpaired) electrons. The quantitative estimate of drug-likeness (QED) is 0.126. The third kappa shape index (κ3) is 5.38. The Labute approximate surface area is 248 Å². The van der Waals surface area contributed by atoms with Gasteiger partial charge in [0.15, 0.2) is 35.0 Å². The van der Waals surface area contributed by atoms with E-state index in [-0.39, 0.29) is 40.5 Å². The lowest BCUT2D eigenvalue weighted by molar-refractivity contribution is -0.0451. The fraction of sp³-hybridized carbons (Fsp3) is 0.524. The highest BCUT2D eigenvalue weighted by Gasteiger charge is 2.51. The van der Waals surface area contributed by atoms with Crippen molar-refractivity contribution in [3.05, 3.63) is 29.3 Å². The Hall–Kier alpha value is -2.88. The Kier molecular flexibility index (Phi) is 7.88. The van der Waals surface area contributed by atoms with Crippen LogP contribution in [0, 0.1) is 0 Å². The lowest BCUT2D eigenvalue weighted by Crippen LogP contribution is -2.32. The molecule has 6 heterocycles. The van der Waals surface area contributed by atoms with E-state index in [1.807, 2.05) is 0 Å². The van der Waals surface area contributed by atoms with Crippen molar-refractivity contribution in [2.45, 2.75) is 47.3 Å². The van der Waals surface area contributed by atoms with Crippen molar-refractivity contribution in [2.75, 3.05) is 31.4 Å². The van der Waals surface area contributed by atoms with Gasteiger partial charge in [-0.15, -0.1) is 11.8 Å². The molecule has 8 atom stereocenters. The molecule has 1 unspecified atom stereocenters. The molecule has 0 amide bonds. The molecule has 22 heteroatoms. The summed E-state index contributed by atoms with van der Waals surface area (Å²) in [6.45, 7) is -6.27. The molecule has 43 heavy (non-hydrogen) atoms. The van der Waals surface area contributed by atoms with E-state index in [4.69, 9.17) is 37.1 Å². The standard InChI is InChI=1S/C21H25F2N10O7PS2/c22-3-21(4-34)1-8(19(43-21)33-7-29-12-16(33)30-20(25)31-17(12)36)40-41(37,42)38-2-9-13(35)10(23)18(39-9)32-6-28-11-14(24)26-5-27-15(11)32/h5-10,13,18-19,34-35H,1-4H2,(H,37,42)(H2,24,26,27)(H3,25,30,31,36)/t8-,9-,10+,13-,18-,19-,21+,41?/m1/s1. The number of nitrogen functional groups attached to an aromatic ring is 2. The molecule has 4 aromatic rings. The number of aromatic amines is 1. The van der Waals surface area contributed by atoms with Gasteiger partial charge < -0.3 is 40.4 Å². The number of halogens is 2. The first-order chi connectivity index (χ1) is 20.5. The van der Waals surface area contributed by atoms with Crippen LogP contribution in [0.5, 0.6) is 0 Å². The summed E-state index contributed by atoms with van der Waals surface area (Å²) in [6, 6.07) is 0. The van der Waals surface area contributed by atoms with Gasteiger partial charge in [-0.3, -0.25) is 18.9 Å². The van der Waals surface area contributed by atoms with E-state index in [0.29, 0.717) is 0 Å². The number of alkyl halides is 2. The second-order valence-electron chi connectivity index (χ2n) is 9.95. The number of H-pyrrole nitrogens is 1. The minimum absolute atomic E-state index is 0.0440. The summed E-state index contributed by atoms with van der Waals surface area (Å²) >= 11 is 6.18. The van der Waals surface area contributed by atoms with Crippen molar-refractivity contribution in [1.82, 2.24) is 39.0 Å². The fourth-order valence-corrected chi connectivity index (χ4v) is 8.03. The second-order valence-corrected chi connectivity index (χ2v) is 14.3. The van der Waals surface area contributed by atoms with E-state index in [1.54, 1.807) is 0 Å². The number of nitrogens with zero attached hydrogens (tertiary/aromatic N) is 7. The minimum Gasteiger partial charge on any atom is -0.395 e. The number of hydrogen-bond donors (Lipinski definition) is 6. The van der Waals surface area contributed by atoms with E-state index >= 15 is 4.39 Å². The number of hydrogen-bond acceptors (Lipinski definition) is 15. The van der Waals surface area contributed by atoms with Crippen molar-refractivity contribution in [2.24, 2.45) is 0 Å². The Balaban J connectivity index is 1.20. The van der Waals surface area contributed by atoms with Gasteiger partial charge in [-0.05, 0) is 18.2 Å². The highest BCUT2D eigenvalue weighted by atomic mass is 32.5. The third-order valence-corrected chi connectivity index (χ3v) is 10.4. The summed E-state index contributed by atoms with van der Waals surface area (Å²) in [6.07, 6.45) is -3.77. The minimum atomic E-state index is -4.16. The highest BCUT2D eigenvalue weighted by Crippen LogP contribution is 2.57. The third-order valence-electron chi connectivity index (χ3n) is 7.14. The van der Waals surface area contributed by atoms with Crippen LogP contribution in [0.4, 0.5) is 20.5 Å². The Morgan fingerprint density at radius 1 is 1.23 bits per heavy atom. The molecule has 0 spiro atoms. The zero-order chi connectivity index (χ0) is 30.7. The van der Waals surface area contributed by atoms with Crippen molar-refractivity contribution in [3.8, 4) is 0 Å². The van der Waals surface area contributed by atoms with E-state index in [1.165, 1.54) is 28.1 Å². The number of imidazole rings is 2. The maximum Gasteiger partial charge on any atom is 0.324 e. The van der Waals surface area contributed by atoms with Crippen LogP contribution in [0.1, 0.15) is 18.0 Å². The van der Waals surface area contributed by atoms with Crippen LogP contribution in [-0.2, 0) is 25.6 Å². The topological polar surface area (TPSA) is 248 Å². The molecule has 6 rings (SSSR count). The summed E-state index contributed by atoms with van der Waals surface area (Å²) in [5.41, 5.74) is 11.3. The first-order valence-electron chi connectivity index (χ1n) is 12.6. The highest BCUT2D eigenvalue weighted by molar-refractivity contribution is 8.07. The molecule has 2 aliphatic heterocycles. The van der Waals surface area contributed by atoms with Crippen molar-refractivity contribution >= 4 is 64.4 Å². The van der Waals surface area contributed by atoms with E-state index in [9.17, 15) is 24.3 Å². The van der Waals surface area contributed by atoms with Crippen molar-refractivity contribution in [3.63, 3.8) is 0 Å². The molecule has 0 saturated carbocycles. The monoisotopic (exact) mass is 662 g/mol. The predicted molar refractivity (Wildman–Crippen MR) is 151 cm³/mol. The van der Waals surface area contributed by atoms with Crippen LogP contribution in [0.25, 0.3) is 22.3 Å². The summed E-state index contributed by atoms with van der Waals surface area (Å²) in [5.74, 6) is -0.111. The Morgan fingerprint density at radius 2 is 1.98 bits per heavy atom. The number of aliphatic hydroxyl groups excluding tert-OH is 2. The van der Waals surface area contributed by atoms with Gasteiger partial charge in [0.1, 0.15) is 36.1 Å². The molecule has 2 saturated heterocycles. The maximum absolute atomic E-state index is 15.2. The maximum atomic E-state index is 15.2. The first-order valence-corrected chi connectivity index (χ1v) is 16.1. The summed E-state index contributed by atoms with van der Waals surface area (Å²) in [5, 5.41) is 19.6. The number of thioether (sulfide) groups is 1. The normalized spacial score (nSPS) is 30.8. The molecule has 2 aliphatic rings. The van der Waals surface area contributed by atoms with Gasteiger partial charge >= 0.3 is 6.72 Å². The number of nitrogens with two attached hydrogens (primary N) is 2. The second kappa shape index (κ2) is 11.2. The van der Waals surface area contributed by atoms with Gasteiger partial charge in [-0.2, -0.15) is 4.98 Å². The molecule has 0 aromatic carbocycles. The SMILES string of the molecule is Nc1nc2c(ncn2[C@@H]2S[C@](CO)(CF)C[C@H]2OP(O)(=S)OC[C@H]2O[C@@H](n3cnc4c(N)ncnc43)[C@@H](F)[C@@H]2O)c(=O)[nH]1. The molecular weight excluding hydrogens is 637 g/mol. The van der Waals surface area contributed by atoms with E-state index < -0.39 is 73.0 Å². The smallest absolute Gasteiger partial charge is 0.324 e. The number of aliphatic hydroxyl groups is 2. The van der Waals surface area contributed by atoms with Crippen molar-refractivity contribution in [1.29, 1.82) is 0 Å². The lowest BCUT2D eigenvalue weighted by Gasteiger charge is -2.26. The molecule has 4 aromatic heterocycles. The molecule has 2 fully saturated rings. The van der Waals surface area contributed by atoms with Crippen LogP contribution < -0.4 is 17.0 Å². The van der Waals surface area contributed by atoms with Gasteiger partial charge in [-0.25, -0.2) is 28.7 Å². The van der Waals surface area contributed by atoms with Crippen LogP contribution >= 0.6 is 18.5 Å². The van der Waals surface area contributed by atoms with Gasteiger partial charge in [0.05, 0.1) is 36.7 Å². The number of fused-ring (bicyclic) bond motifs is 2. The molecule has 8 N–H and O–H groups in total. The van der Waals surface area contributed by atoms with Gasteiger partial charge in [0.25, 0.3) is 5.56 Å². The zero-order valence-corrected chi connectivity index (χ0v) is 24.3. The van der Waals surface area contributed by atoms with Gasteiger partial charge in [0, 0.05) is 0 Å².